The maximum Gasteiger partial charge on any atom is 0.247 e. The van der Waals surface area contributed by atoms with Crippen LogP contribution < -0.4 is 15.2 Å². The molecule has 1 atom stereocenters. The van der Waals surface area contributed by atoms with E-state index in [1.807, 2.05) is 0 Å². The fraction of sp³-hybridized carbons (Fsp3) is 0.571. The number of methoxy groups -OCH3 is 1. The molecule has 0 bridgehead atoms. The van der Waals surface area contributed by atoms with E-state index in [4.69, 9.17) is 10.5 Å². The van der Waals surface area contributed by atoms with Gasteiger partial charge in [-0.15, -0.1) is 12.4 Å². The number of benzene rings is 1. The molecule has 0 aromatic heterocycles. The van der Waals surface area contributed by atoms with Crippen molar-refractivity contribution < 1.29 is 21.6 Å². The van der Waals surface area contributed by atoms with Gasteiger partial charge in [-0.1, -0.05) is 0 Å². The predicted octanol–water partition coefficient (Wildman–Crippen LogP) is 0.990. The first-order valence-electron chi connectivity index (χ1n) is 7.65. The highest BCUT2D eigenvalue weighted by Crippen LogP contribution is 2.33. The summed E-state index contributed by atoms with van der Waals surface area (Å²) >= 11 is 0. The molecule has 1 aromatic rings. The Morgan fingerprint density at radius 3 is 2.56 bits per heavy atom. The third-order valence-electron chi connectivity index (χ3n) is 4.00. The lowest BCUT2D eigenvalue weighted by Gasteiger charge is -2.24. The number of nitrogens with zero attached hydrogens (tertiary/aromatic N) is 1. The Balaban J connectivity index is 0.00000312. The molecule has 0 aliphatic carbocycles. The quantitative estimate of drug-likeness (QED) is 0.688. The third kappa shape index (κ3) is 4.76. The van der Waals surface area contributed by atoms with E-state index >= 15 is 0 Å². The van der Waals surface area contributed by atoms with Crippen molar-refractivity contribution in [1.82, 2.24) is 4.31 Å². The average molecular weight is 414 g/mol. The molecule has 0 saturated carbocycles. The van der Waals surface area contributed by atoms with Gasteiger partial charge in [-0.05, 0) is 31.9 Å². The molecule has 1 saturated heterocycles. The zero-order valence-electron chi connectivity index (χ0n) is 14.1. The lowest BCUT2D eigenvalue weighted by atomic mass is 10.2. The Kier molecular flexibility index (Phi) is 7.51. The van der Waals surface area contributed by atoms with Crippen molar-refractivity contribution in [2.24, 2.45) is 5.73 Å². The molecule has 1 aliphatic rings. The molecule has 8 nitrogen and oxygen atoms in total. The SMILES string of the molecule is CCS(=O)(=O)Nc1ccc(S(=O)(=O)N2CCCC2CN)c(OC)c1.Cl. The summed E-state index contributed by atoms with van der Waals surface area (Å²) in [5.41, 5.74) is 5.92. The summed E-state index contributed by atoms with van der Waals surface area (Å²) in [5.74, 6) is 0.00962. The fourth-order valence-corrected chi connectivity index (χ4v) is 5.16. The Morgan fingerprint density at radius 2 is 2.00 bits per heavy atom. The molecule has 2 rings (SSSR count). The summed E-state index contributed by atoms with van der Waals surface area (Å²) in [7, 11) is -5.87. The molecule has 0 amide bonds. The average Bonchev–Trinajstić information content (AvgIpc) is 3.03. The van der Waals surface area contributed by atoms with E-state index in [-0.39, 0.29) is 47.1 Å². The minimum atomic E-state index is -3.76. The monoisotopic (exact) mass is 413 g/mol. The van der Waals surface area contributed by atoms with Crippen molar-refractivity contribution in [3.63, 3.8) is 0 Å². The van der Waals surface area contributed by atoms with Gasteiger partial charge < -0.3 is 10.5 Å². The van der Waals surface area contributed by atoms with E-state index in [1.165, 1.54) is 36.5 Å². The molecular formula is C14H24ClN3O5S2. The molecule has 25 heavy (non-hydrogen) atoms. The van der Waals surface area contributed by atoms with Gasteiger partial charge in [0.05, 0.1) is 18.6 Å². The topological polar surface area (TPSA) is 119 Å². The summed E-state index contributed by atoms with van der Waals surface area (Å²) < 4.78 is 58.0. The number of nitrogens with one attached hydrogen (secondary N) is 1. The van der Waals surface area contributed by atoms with Gasteiger partial charge in [0.2, 0.25) is 20.0 Å². The van der Waals surface area contributed by atoms with E-state index in [0.717, 1.165) is 12.8 Å². The summed E-state index contributed by atoms with van der Waals surface area (Å²) in [6.07, 6.45) is 1.49. The van der Waals surface area contributed by atoms with Crippen molar-refractivity contribution in [2.45, 2.75) is 30.7 Å². The maximum absolute atomic E-state index is 12.9. The lowest BCUT2D eigenvalue weighted by molar-refractivity contribution is 0.379. The summed E-state index contributed by atoms with van der Waals surface area (Å²) in [6.45, 7) is 2.19. The minimum Gasteiger partial charge on any atom is -0.495 e. The van der Waals surface area contributed by atoms with Gasteiger partial charge in [0.15, 0.2) is 0 Å². The van der Waals surface area contributed by atoms with Gasteiger partial charge in [-0.3, -0.25) is 4.72 Å². The van der Waals surface area contributed by atoms with Crippen molar-refractivity contribution in [2.75, 3.05) is 30.7 Å². The molecule has 1 aliphatic heterocycles. The second-order valence-corrected chi connectivity index (χ2v) is 9.39. The second-order valence-electron chi connectivity index (χ2n) is 5.52. The largest absolute Gasteiger partial charge is 0.495 e. The zero-order chi connectivity index (χ0) is 18.0. The van der Waals surface area contributed by atoms with Crippen molar-refractivity contribution >= 4 is 38.1 Å². The molecule has 1 fully saturated rings. The van der Waals surface area contributed by atoms with Crippen molar-refractivity contribution in [1.29, 1.82) is 0 Å². The van der Waals surface area contributed by atoms with Gasteiger partial charge in [0.25, 0.3) is 0 Å². The molecule has 1 unspecified atom stereocenters. The Bertz CT molecular complexity index is 799. The Hall–Kier alpha value is -1.07. The number of hydrogen-bond acceptors (Lipinski definition) is 6. The highest BCUT2D eigenvalue weighted by atomic mass is 35.5. The first kappa shape index (κ1) is 22.0. The van der Waals surface area contributed by atoms with Crippen LogP contribution in [0.15, 0.2) is 23.1 Å². The predicted molar refractivity (Wildman–Crippen MR) is 99.3 cm³/mol. The van der Waals surface area contributed by atoms with Crippen LogP contribution in [0.4, 0.5) is 5.69 Å². The molecular weight excluding hydrogens is 390 g/mol. The van der Waals surface area contributed by atoms with E-state index in [9.17, 15) is 16.8 Å². The first-order valence-corrected chi connectivity index (χ1v) is 10.7. The number of nitrogens with two attached hydrogens (primary N) is 1. The van der Waals surface area contributed by atoms with Crippen LogP contribution >= 0.6 is 12.4 Å². The van der Waals surface area contributed by atoms with Crippen LogP contribution in [0.5, 0.6) is 5.75 Å². The highest BCUT2D eigenvalue weighted by Gasteiger charge is 2.36. The molecule has 0 spiro atoms. The van der Waals surface area contributed by atoms with Gasteiger partial charge in [-0.25, -0.2) is 16.8 Å². The van der Waals surface area contributed by atoms with Crippen LogP contribution in [0.2, 0.25) is 0 Å². The summed E-state index contributed by atoms with van der Waals surface area (Å²) in [5, 5.41) is 0. The van der Waals surface area contributed by atoms with Gasteiger partial charge in [0, 0.05) is 25.2 Å². The van der Waals surface area contributed by atoms with Crippen LogP contribution in [0.3, 0.4) is 0 Å². The van der Waals surface area contributed by atoms with Crippen molar-refractivity contribution in [3.05, 3.63) is 18.2 Å². The molecule has 144 valence electrons. The van der Waals surface area contributed by atoms with Gasteiger partial charge in [0.1, 0.15) is 10.6 Å². The zero-order valence-corrected chi connectivity index (χ0v) is 16.6. The van der Waals surface area contributed by atoms with Gasteiger partial charge >= 0.3 is 0 Å². The van der Waals surface area contributed by atoms with Crippen LogP contribution in [-0.4, -0.2) is 53.1 Å². The smallest absolute Gasteiger partial charge is 0.247 e. The molecule has 1 aromatic carbocycles. The number of anilines is 1. The van der Waals surface area contributed by atoms with E-state index in [2.05, 4.69) is 4.72 Å². The molecule has 3 N–H and O–H groups in total. The maximum atomic E-state index is 12.9. The third-order valence-corrected chi connectivity index (χ3v) is 7.30. The van der Waals surface area contributed by atoms with Gasteiger partial charge in [-0.2, -0.15) is 4.31 Å². The highest BCUT2D eigenvalue weighted by molar-refractivity contribution is 7.92. The van der Waals surface area contributed by atoms with Crippen LogP contribution in [0, 0.1) is 0 Å². The van der Waals surface area contributed by atoms with Crippen molar-refractivity contribution in [3.8, 4) is 5.75 Å². The summed E-state index contributed by atoms with van der Waals surface area (Å²) in [4.78, 5) is 0.00444. The lowest BCUT2D eigenvalue weighted by Crippen LogP contribution is -2.39. The molecule has 0 radical (unpaired) electrons. The van der Waals surface area contributed by atoms with E-state index in [1.54, 1.807) is 0 Å². The van der Waals surface area contributed by atoms with Crippen LogP contribution in [0.25, 0.3) is 0 Å². The number of hydrogen-bond donors (Lipinski definition) is 2. The van der Waals surface area contributed by atoms with Crippen LogP contribution in [0.1, 0.15) is 19.8 Å². The number of rotatable bonds is 7. The Morgan fingerprint density at radius 1 is 1.32 bits per heavy atom. The van der Waals surface area contributed by atoms with E-state index in [0.29, 0.717) is 6.54 Å². The molecule has 11 heteroatoms. The minimum absolute atomic E-state index is 0. The standard InChI is InChI=1S/C14H23N3O5S2.ClH/c1-3-23(18,19)16-11-6-7-14(13(9-11)22-2)24(20,21)17-8-4-5-12(17)10-15;/h6-7,9,12,16H,3-5,8,10,15H2,1-2H3;1H. The number of ether oxygens (including phenoxy) is 1. The van der Waals surface area contributed by atoms with E-state index < -0.39 is 20.0 Å². The van der Waals surface area contributed by atoms with Crippen LogP contribution in [-0.2, 0) is 20.0 Å². The first-order chi connectivity index (χ1) is 11.2. The molecule has 1 heterocycles. The Labute approximate surface area is 155 Å². The second kappa shape index (κ2) is 8.54. The number of halogens is 1. The fourth-order valence-electron chi connectivity index (χ4n) is 2.68. The normalized spacial score (nSPS) is 18.6. The number of sulfonamides is 2. The summed E-state index contributed by atoms with van der Waals surface area (Å²) in [6, 6.07) is 3.91.